The molecular weight excluding hydrogens is 332 g/mol. The Balaban J connectivity index is 1.37. The van der Waals surface area contributed by atoms with Crippen LogP contribution in [0.2, 0.25) is 5.02 Å². The van der Waals surface area contributed by atoms with E-state index < -0.39 is 0 Å². The Kier molecular flexibility index (Phi) is 5.41. The number of amides is 1. The number of halogens is 1. The lowest BCUT2D eigenvalue weighted by atomic mass is 10.1. The van der Waals surface area contributed by atoms with Crippen LogP contribution in [0.1, 0.15) is 6.42 Å². The highest BCUT2D eigenvalue weighted by molar-refractivity contribution is 7.99. The number of benzene rings is 1. The molecule has 0 aliphatic carbocycles. The van der Waals surface area contributed by atoms with Gasteiger partial charge in [-0.1, -0.05) is 29.8 Å². The predicted octanol–water partition coefficient (Wildman–Crippen LogP) is 3.51. The number of likely N-dealkylation sites (tertiary alicyclic amines) is 1. The van der Waals surface area contributed by atoms with Crippen LogP contribution in [0.4, 0.5) is 0 Å². The molecule has 1 aliphatic heterocycles. The maximum Gasteiger partial charge on any atom is 0.232 e. The molecule has 1 aliphatic rings. The smallest absolute Gasteiger partial charge is 0.232 e. The third kappa shape index (κ3) is 4.39. The van der Waals surface area contributed by atoms with Crippen LogP contribution >= 0.6 is 23.4 Å². The molecule has 2 heterocycles. The van der Waals surface area contributed by atoms with E-state index >= 15 is 0 Å². The van der Waals surface area contributed by atoms with Crippen LogP contribution < -0.4 is 4.74 Å². The third-order valence-corrected chi connectivity index (χ3v) is 4.83. The molecule has 0 spiro atoms. The van der Waals surface area contributed by atoms with Gasteiger partial charge in [0.2, 0.25) is 11.8 Å². The normalized spacial score (nSPS) is 14.4. The number of carbonyl (C=O) groups excluding carboxylic acids is 1. The summed E-state index contributed by atoms with van der Waals surface area (Å²) in [6, 6.07) is 13.6. The molecule has 0 saturated carbocycles. The van der Waals surface area contributed by atoms with E-state index in [9.17, 15) is 4.79 Å². The number of thioether (sulfide) groups is 1. The number of ether oxygens (including phenoxy) is 1. The van der Waals surface area contributed by atoms with Gasteiger partial charge in [0.15, 0.2) is 0 Å². The fourth-order valence-corrected chi connectivity index (χ4v) is 3.29. The van der Waals surface area contributed by atoms with Crippen LogP contribution in [0.25, 0.3) is 0 Å². The first kappa shape index (κ1) is 16.1. The van der Waals surface area contributed by atoms with Gasteiger partial charge in [-0.3, -0.25) is 4.79 Å². The van der Waals surface area contributed by atoms with E-state index in [1.54, 1.807) is 30.1 Å². The van der Waals surface area contributed by atoms with Crippen molar-refractivity contribution < 1.29 is 9.53 Å². The molecule has 1 aromatic carbocycles. The average molecular weight is 349 g/mol. The highest BCUT2D eigenvalue weighted by Crippen LogP contribution is 2.24. The van der Waals surface area contributed by atoms with Gasteiger partial charge in [-0.05, 0) is 24.3 Å². The van der Waals surface area contributed by atoms with Crippen LogP contribution in [0.3, 0.4) is 0 Å². The Morgan fingerprint density at radius 3 is 2.78 bits per heavy atom. The standard InChI is InChI=1S/C17H17ClN2O2S/c18-15-7-4-9-19-17(15)22-13-11-20(12-13)16(21)8-10-23-14-5-2-1-3-6-14/h1-7,9,13H,8,10-12H2. The van der Waals surface area contributed by atoms with E-state index in [0.717, 1.165) is 5.75 Å². The molecule has 6 heteroatoms. The third-order valence-electron chi connectivity index (χ3n) is 3.53. The first-order valence-electron chi connectivity index (χ1n) is 7.45. The second-order valence-corrected chi connectivity index (χ2v) is 6.82. The molecule has 0 unspecified atom stereocenters. The van der Waals surface area contributed by atoms with Crippen molar-refractivity contribution in [3.05, 3.63) is 53.7 Å². The van der Waals surface area contributed by atoms with E-state index in [-0.39, 0.29) is 12.0 Å². The summed E-state index contributed by atoms with van der Waals surface area (Å²) >= 11 is 7.70. The van der Waals surface area contributed by atoms with Gasteiger partial charge in [0.1, 0.15) is 11.1 Å². The molecule has 1 saturated heterocycles. The highest BCUT2D eigenvalue weighted by Gasteiger charge is 2.32. The number of aromatic nitrogens is 1. The Bertz CT molecular complexity index is 663. The molecule has 2 aromatic rings. The summed E-state index contributed by atoms with van der Waals surface area (Å²) < 4.78 is 5.69. The van der Waals surface area contributed by atoms with Crippen molar-refractivity contribution in [1.82, 2.24) is 9.88 Å². The first-order chi connectivity index (χ1) is 11.2. The van der Waals surface area contributed by atoms with Crippen LogP contribution in [0, 0.1) is 0 Å². The molecule has 120 valence electrons. The van der Waals surface area contributed by atoms with E-state index in [1.165, 1.54) is 4.90 Å². The van der Waals surface area contributed by atoms with Crippen molar-refractivity contribution in [2.24, 2.45) is 0 Å². The minimum absolute atomic E-state index is 0.0203. The Labute approximate surface area is 144 Å². The van der Waals surface area contributed by atoms with Crippen molar-refractivity contribution in [1.29, 1.82) is 0 Å². The zero-order chi connectivity index (χ0) is 16.1. The number of pyridine rings is 1. The van der Waals surface area contributed by atoms with Crippen molar-refractivity contribution >= 4 is 29.3 Å². The van der Waals surface area contributed by atoms with Gasteiger partial charge in [-0.25, -0.2) is 4.98 Å². The van der Waals surface area contributed by atoms with Crippen molar-refractivity contribution in [2.75, 3.05) is 18.8 Å². The minimum Gasteiger partial charge on any atom is -0.470 e. The molecule has 1 aromatic heterocycles. The lowest BCUT2D eigenvalue weighted by Gasteiger charge is -2.38. The van der Waals surface area contributed by atoms with Crippen molar-refractivity contribution in [3.8, 4) is 5.88 Å². The monoisotopic (exact) mass is 348 g/mol. The van der Waals surface area contributed by atoms with Gasteiger partial charge in [-0.15, -0.1) is 11.8 Å². The molecule has 23 heavy (non-hydrogen) atoms. The summed E-state index contributed by atoms with van der Waals surface area (Å²) in [6.45, 7) is 1.20. The first-order valence-corrected chi connectivity index (χ1v) is 8.81. The maximum atomic E-state index is 12.1. The number of nitrogens with zero attached hydrogens (tertiary/aromatic N) is 2. The lowest BCUT2D eigenvalue weighted by Crippen LogP contribution is -2.56. The molecule has 0 radical (unpaired) electrons. The second kappa shape index (κ2) is 7.70. The van der Waals surface area contributed by atoms with Gasteiger partial charge in [0, 0.05) is 23.3 Å². The number of rotatable bonds is 6. The number of hydrogen-bond donors (Lipinski definition) is 0. The molecule has 4 nitrogen and oxygen atoms in total. The Morgan fingerprint density at radius 1 is 1.26 bits per heavy atom. The molecule has 1 amide bonds. The van der Waals surface area contributed by atoms with Gasteiger partial charge in [0.05, 0.1) is 13.1 Å². The maximum absolute atomic E-state index is 12.1. The van der Waals surface area contributed by atoms with Gasteiger partial charge in [-0.2, -0.15) is 0 Å². The van der Waals surface area contributed by atoms with Crippen LogP contribution in [-0.2, 0) is 4.79 Å². The molecule has 1 fully saturated rings. The van der Waals surface area contributed by atoms with Crippen LogP contribution in [0.5, 0.6) is 5.88 Å². The highest BCUT2D eigenvalue weighted by atomic mass is 35.5. The average Bonchev–Trinajstić information content (AvgIpc) is 2.53. The summed E-state index contributed by atoms with van der Waals surface area (Å²) in [4.78, 5) is 19.2. The lowest BCUT2D eigenvalue weighted by molar-refractivity contribution is -0.139. The molecule has 3 rings (SSSR count). The quantitative estimate of drug-likeness (QED) is 0.749. The van der Waals surface area contributed by atoms with E-state index in [4.69, 9.17) is 16.3 Å². The summed E-state index contributed by atoms with van der Waals surface area (Å²) in [6.07, 6.45) is 2.16. The Morgan fingerprint density at radius 2 is 2.04 bits per heavy atom. The zero-order valence-electron chi connectivity index (χ0n) is 12.5. The van der Waals surface area contributed by atoms with Crippen molar-refractivity contribution in [3.63, 3.8) is 0 Å². The van der Waals surface area contributed by atoms with Crippen LogP contribution in [-0.4, -0.2) is 40.7 Å². The van der Waals surface area contributed by atoms with Gasteiger partial charge < -0.3 is 9.64 Å². The fourth-order valence-electron chi connectivity index (χ4n) is 2.26. The molecule has 0 atom stereocenters. The van der Waals surface area contributed by atoms with Gasteiger partial charge >= 0.3 is 0 Å². The summed E-state index contributed by atoms with van der Waals surface area (Å²) in [5, 5.41) is 0.497. The molecule has 0 N–H and O–H groups in total. The second-order valence-electron chi connectivity index (χ2n) is 5.24. The SMILES string of the molecule is O=C(CCSc1ccccc1)N1CC(Oc2ncccc2Cl)C1. The van der Waals surface area contributed by atoms with E-state index in [1.807, 2.05) is 23.1 Å². The van der Waals surface area contributed by atoms with Crippen LogP contribution in [0.15, 0.2) is 53.6 Å². The predicted molar refractivity (Wildman–Crippen MR) is 92.0 cm³/mol. The van der Waals surface area contributed by atoms with Gasteiger partial charge in [0.25, 0.3) is 0 Å². The zero-order valence-corrected chi connectivity index (χ0v) is 14.1. The van der Waals surface area contributed by atoms with Crippen molar-refractivity contribution in [2.45, 2.75) is 17.4 Å². The fraction of sp³-hybridized carbons (Fsp3) is 0.294. The number of hydrogen-bond acceptors (Lipinski definition) is 4. The largest absolute Gasteiger partial charge is 0.470 e. The van der Waals surface area contributed by atoms with E-state index in [2.05, 4.69) is 17.1 Å². The minimum atomic E-state index is -0.0203. The molecular formula is C17H17ClN2O2S. The summed E-state index contributed by atoms with van der Waals surface area (Å²) in [5.74, 6) is 1.39. The van der Waals surface area contributed by atoms with E-state index in [0.29, 0.717) is 30.4 Å². The summed E-state index contributed by atoms with van der Waals surface area (Å²) in [7, 11) is 0. The molecule has 0 bridgehead atoms. The topological polar surface area (TPSA) is 42.4 Å². The number of carbonyl (C=O) groups is 1. The Hall–Kier alpha value is -1.72. The summed E-state index contributed by atoms with van der Waals surface area (Å²) in [5.41, 5.74) is 0.